The molecule has 7 heteroatoms. The van der Waals surface area contributed by atoms with Crippen LogP contribution >= 0.6 is 11.6 Å². The lowest BCUT2D eigenvalue weighted by Gasteiger charge is -2.26. The molecule has 0 fully saturated rings. The van der Waals surface area contributed by atoms with Gasteiger partial charge in [0, 0.05) is 44.4 Å². The first-order valence-electron chi connectivity index (χ1n) is 7.14. The molecule has 0 aliphatic carbocycles. The minimum atomic E-state index is -0.385. The highest BCUT2D eigenvalue weighted by molar-refractivity contribution is 6.17. The maximum absolute atomic E-state index is 12.1. The average Bonchev–Trinajstić information content (AvgIpc) is 2.79. The molecule has 6 nitrogen and oxygen atoms in total. The van der Waals surface area contributed by atoms with Crippen molar-refractivity contribution in [1.82, 2.24) is 14.7 Å². The van der Waals surface area contributed by atoms with Gasteiger partial charge in [0.1, 0.15) is 0 Å². The van der Waals surface area contributed by atoms with Gasteiger partial charge in [0.15, 0.2) is 5.69 Å². The lowest BCUT2D eigenvalue weighted by atomic mass is 10.0. The van der Waals surface area contributed by atoms with E-state index in [9.17, 15) is 9.59 Å². The Balaban J connectivity index is 2.18. The molecule has 0 saturated carbocycles. The van der Waals surface area contributed by atoms with Crippen LogP contribution in [0.1, 0.15) is 41.5 Å². The average molecular weight is 314 g/mol. The first-order valence-corrected chi connectivity index (χ1v) is 7.67. The number of amides is 1. The zero-order valence-corrected chi connectivity index (χ0v) is 13.2. The first kappa shape index (κ1) is 15.8. The largest absolute Gasteiger partial charge is 0.461 e. The topological polar surface area (TPSA) is 64.4 Å². The van der Waals surface area contributed by atoms with E-state index in [2.05, 4.69) is 5.10 Å². The van der Waals surface area contributed by atoms with E-state index >= 15 is 0 Å². The number of nitrogens with zero attached hydrogens (tertiary/aromatic N) is 3. The highest BCUT2D eigenvalue weighted by Crippen LogP contribution is 2.23. The summed E-state index contributed by atoms with van der Waals surface area (Å²) < 4.78 is 6.62. The summed E-state index contributed by atoms with van der Waals surface area (Å²) in [5.74, 6) is 0.162. The third-order valence-corrected chi connectivity index (χ3v) is 3.81. The Morgan fingerprint density at radius 1 is 1.43 bits per heavy atom. The van der Waals surface area contributed by atoms with Crippen LogP contribution in [0.3, 0.4) is 0 Å². The summed E-state index contributed by atoms with van der Waals surface area (Å²) in [5, 5.41) is 4.37. The van der Waals surface area contributed by atoms with Crippen molar-refractivity contribution in [3.63, 3.8) is 0 Å². The Morgan fingerprint density at radius 2 is 2.19 bits per heavy atom. The number of rotatable bonds is 5. The molecule has 1 amide bonds. The van der Waals surface area contributed by atoms with Crippen LogP contribution in [0.2, 0.25) is 0 Å². The number of alkyl halides is 1. The highest BCUT2D eigenvalue weighted by Gasteiger charge is 2.29. The minimum absolute atomic E-state index is 0.0694. The van der Waals surface area contributed by atoms with E-state index in [1.807, 2.05) is 0 Å². The molecule has 2 rings (SSSR count). The van der Waals surface area contributed by atoms with Gasteiger partial charge in [0.05, 0.1) is 12.3 Å². The van der Waals surface area contributed by atoms with Crippen LogP contribution in [-0.2, 0) is 29.5 Å². The van der Waals surface area contributed by atoms with Crippen LogP contribution in [-0.4, -0.2) is 45.6 Å². The van der Waals surface area contributed by atoms with Crippen molar-refractivity contribution in [1.29, 1.82) is 0 Å². The molecule has 0 spiro atoms. The van der Waals surface area contributed by atoms with Gasteiger partial charge in [-0.3, -0.25) is 9.48 Å². The normalized spacial score (nSPS) is 14.0. The standard InChI is InChI=1S/C14H20ClN3O3/c1-3-21-14(20)13-10-9-18(12(19)5-4-7-15)8-6-11(10)16-17(13)2/h3-9H2,1-2H3. The van der Waals surface area contributed by atoms with Crippen molar-refractivity contribution >= 4 is 23.5 Å². The molecule has 0 radical (unpaired) electrons. The van der Waals surface area contributed by atoms with E-state index in [4.69, 9.17) is 16.3 Å². The summed E-state index contributed by atoms with van der Waals surface area (Å²) in [5.41, 5.74) is 2.13. The fourth-order valence-corrected chi connectivity index (χ4v) is 2.68. The molecule has 0 saturated heterocycles. The predicted octanol–water partition coefficient (Wildman–Crippen LogP) is 1.50. The van der Waals surface area contributed by atoms with Gasteiger partial charge >= 0.3 is 5.97 Å². The van der Waals surface area contributed by atoms with E-state index in [0.717, 1.165) is 11.3 Å². The fraction of sp³-hybridized carbons (Fsp3) is 0.643. The van der Waals surface area contributed by atoms with Gasteiger partial charge in [-0.05, 0) is 13.3 Å². The van der Waals surface area contributed by atoms with Crippen molar-refractivity contribution < 1.29 is 14.3 Å². The van der Waals surface area contributed by atoms with E-state index in [1.165, 1.54) is 0 Å². The zero-order chi connectivity index (χ0) is 15.4. The quantitative estimate of drug-likeness (QED) is 0.610. The number of hydrogen-bond acceptors (Lipinski definition) is 4. The number of fused-ring (bicyclic) bond motifs is 1. The van der Waals surface area contributed by atoms with Crippen LogP contribution < -0.4 is 0 Å². The van der Waals surface area contributed by atoms with Crippen LogP contribution in [0.25, 0.3) is 0 Å². The van der Waals surface area contributed by atoms with E-state index < -0.39 is 0 Å². The van der Waals surface area contributed by atoms with E-state index in [-0.39, 0.29) is 11.9 Å². The second-order valence-corrected chi connectivity index (χ2v) is 5.35. The van der Waals surface area contributed by atoms with Gasteiger partial charge in [-0.25, -0.2) is 4.79 Å². The number of halogens is 1. The van der Waals surface area contributed by atoms with Crippen molar-refractivity contribution in [3.05, 3.63) is 17.0 Å². The minimum Gasteiger partial charge on any atom is -0.461 e. The summed E-state index contributed by atoms with van der Waals surface area (Å²) in [6, 6.07) is 0. The molecule has 2 heterocycles. The summed E-state index contributed by atoms with van der Waals surface area (Å²) >= 11 is 5.63. The molecule has 0 aromatic carbocycles. The Kier molecular flexibility index (Phi) is 5.22. The third kappa shape index (κ3) is 3.37. The number of aryl methyl sites for hydroxylation is 1. The lowest BCUT2D eigenvalue weighted by Crippen LogP contribution is -2.36. The molecule has 0 N–H and O–H groups in total. The molecule has 1 aliphatic rings. The molecule has 116 valence electrons. The van der Waals surface area contributed by atoms with Crippen molar-refractivity contribution in [2.24, 2.45) is 7.05 Å². The van der Waals surface area contributed by atoms with E-state index in [1.54, 1.807) is 23.6 Å². The summed E-state index contributed by atoms with van der Waals surface area (Å²) in [7, 11) is 1.73. The number of aromatic nitrogens is 2. The van der Waals surface area contributed by atoms with Crippen LogP contribution in [0.5, 0.6) is 0 Å². The van der Waals surface area contributed by atoms with Crippen LogP contribution in [0.4, 0.5) is 0 Å². The van der Waals surface area contributed by atoms with Gasteiger partial charge in [-0.1, -0.05) is 0 Å². The Hall–Kier alpha value is -1.56. The van der Waals surface area contributed by atoms with Gasteiger partial charge in [0.2, 0.25) is 5.91 Å². The van der Waals surface area contributed by atoms with Crippen molar-refractivity contribution in [3.8, 4) is 0 Å². The molecule has 0 unspecified atom stereocenters. The number of hydrogen-bond donors (Lipinski definition) is 0. The molecular formula is C14H20ClN3O3. The van der Waals surface area contributed by atoms with Crippen LogP contribution in [0, 0.1) is 0 Å². The van der Waals surface area contributed by atoms with Gasteiger partial charge < -0.3 is 9.64 Å². The smallest absolute Gasteiger partial charge is 0.356 e. The van der Waals surface area contributed by atoms with Gasteiger partial charge in [-0.2, -0.15) is 5.10 Å². The second kappa shape index (κ2) is 6.93. The maximum atomic E-state index is 12.1. The highest BCUT2D eigenvalue weighted by atomic mass is 35.5. The molecule has 0 atom stereocenters. The Bertz CT molecular complexity index is 542. The number of carbonyl (C=O) groups is 2. The van der Waals surface area contributed by atoms with Crippen molar-refractivity contribution in [2.45, 2.75) is 32.7 Å². The number of esters is 1. The number of carbonyl (C=O) groups excluding carboxylic acids is 2. The van der Waals surface area contributed by atoms with Crippen molar-refractivity contribution in [2.75, 3.05) is 19.0 Å². The van der Waals surface area contributed by atoms with E-state index in [0.29, 0.717) is 50.5 Å². The lowest BCUT2D eigenvalue weighted by molar-refractivity contribution is -0.132. The molecule has 21 heavy (non-hydrogen) atoms. The predicted molar refractivity (Wildman–Crippen MR) is 78.2 cm³/mol. The molecule has 1 aromatic rings. The first-order chi connectivity index (χ1) is 10.1. The SMILES string of the molecule is CCOC(=O)c1c2c(nn1C)CCN(C(=O)CCCCl)C2. The van der Waals surface area contributed by atoms with Gasteiger partial charge in [0.25, 0.3) is 0 Å². The zero-order valence-electron chi connectivity index (χ0n) is 12.4. The molecule has 0 bridgehead atoms. The molecule has 1 aromatic heterocycles. The van der Waals surface area contributed by atoms with Gasteiger partial charge in [-0.15, -0.1) is 11.6 Å². The Morgan fingerprint density at radius 3 is 2.86 bits per heavy atom. The maximum Gasteiger partial charge on any atom is 0.356 e. The second-order valence-electron chi connectivity index (χ2n) is 4.98. The summed E-state index contributed by atoms with van der Waals surface area (Å²) in [4.78, 5) is 25.9. The monoisotopic (exact) mass is 313 g/mol. The Labute approximate surface area is 129 Å². The third-order valence-electron chi connectivity index (χ3n) is 3.54. The van der Waals surface area contributed by atoms with Crippen LogP contribution in [0.15, 0.2) is 0 Å². The number of ether oxygens (including phenoxy) is 1. The fourth-order valence-electron chi connectivity index (χ4n) is 2.55. The molecule has 1 aliphatic heterocycles. The summed E-state index contributed by atoms with van der Waals surface area (Å²) in [6.07, 6.45) is 1.77. The summed E-state index contributed by atoms with van der Waals surface area (Å²) in [6.45, 7) is 3.13. The molecular weight excluding hydrogens is 294 g/mol.